The summed E-state index contributed by atoms with van der Waals surface area (Å²) >= 11 is 0. The molecule has 1 aromatic rings. The van der Waals surface area contributed by atoms with E-state index < -0.39 is 106 Å². The summed E-state index contributed by atoms with van der Waals surface area (Å²) in [4.78, 5) is 78.8. The molecule has 0 amide bonds. The normalized spacial score (nSPS) is 37.3. The van der Waals surface area contributed by atoms with Crippen LogP contribution in [0.4, 0.5) is 0 Å². The minimum Gasteiger partial charge on any atom is -0.462 e. The summed E-state index contributed by atoms with van der Waals surface area (Å²) < 4.78 is 42.1. The van der Waals surface area contributed by atoms with Crippen LogP contribution in [-0.4, -0.2) is 107 Å². The number of hydrogen-bond donors (Lipinski definition) is 2. The molecule has 4 aliphatic rings. The number of benzene rings is 1. The van der Waals surface area contributed by atoms with Gasteiger partial charge in [-0.1, -0.05) is 39.0 Å². The molecular formula is C37H46O15. The number of hydrogen-bond acceptors (Lipinski definition) is 15. The molecule has 15 nitrogen and oxygen atoms in total. The number of ether oxygens (including phenoxy) is 7. The summed E-state index contributed by atoms with van der Waals surface area (Å²) in [5.74, 6) is -6.64. The summed E-state index contributed by atoms with van der Waals surface area (Å²) in [6.45, 7) is 11.3. The van der Waals surface area contributed by atoms with E-state index in [1.807, 2.05) is 0 Å². The Morgan fingerprint density at radius 2 is 1.31 bits per heavy atom. The Labute approximate surface area is 300 Å². The van der Waals surface area contributed by atoms with Gasteiger partial charge in [-0.25, -0.2) is 4.79 Å². The fourth-order valence-electron chi connectivity index (χ4n) is 9.28. The Balaban J connectivity index is 1.96. The van der Waals surface area contributed by atoms with Crippen molar-refractivity contribution in [2.24, 2.45) is 16.7 Å². The molecule has 3 fully saturated rings. The van der Waals surface area contributed by atoms with E-state index in [1.165, 1.54) is 39.8 Å². The summed E-state index contributed by atoms with van der Waals surface area (Å²) in [7, 11) is 0. The first kappa shape index (κ1) is 38.9. The second-order valence-corrected chi connectivity index (χ2v) is 14.8. The average Bonchev–Trinajstić information content (AvgIpc) is 3.03. The van der Waals surface area contributed by atoms with Crippen molar-refractivity contribution in [2.45, 2.75) is 123 Å². The van der Waals surface area contributed by atoms with Gasteiger partial charge in [0.2, 0.25) is 0 Å². The predicted molar refractivity (Wildman–Crippen MR) is 176 cm³/mol. The number of aliphatic hydroxyl groups is 2. The first-order valence-electron chi connectivity index (χ1n) is 17.0. The van der Waals surface area contributed by atoms with Crippen molar-refractivity contribution < 1.29 is 72.1 Å². The molecule has 5 rings (SSSR count). The van der Waals surface area contributed by atoms with Crippen LogP contribution in [0, 0.1) is 16.7 Å². The van der Waals surface area contributed by atoms with Crippen molar-refractivity contribution >= 4 is 35.8 Å². The molecule has 284 valence electrons. The number of fused-ring (bicyclic) bond motifs is 5. The highest BCUT2D eigenvalue weighted by Crippen LogP contribution is 2.66. The van der Waals surface area contributed by atoms with Gasteiger partial charge in [0.25, 0.3) is 0 Å². The van der Waals surface area contributed by atoms with E-state index in [4.69, 9.17) is 33.2 Å². The van der Waals surface area contributed by atoms with E-state index >= 15 is 0 Å². The largest absolute Gasteiger partial charge is 0.462 e. The minimum atomic E-state index is -2.64. The topological polar surface area (TPSA) is 207 Å². The van der Waals surface area contributed by atoms with E-state index in [1.54, 1.807) is 18.2 Å². The van der Waals surface area contributed by atoms with E-state index in [2.05, 4.69) is 0 Å². The molecule has 0 radical (unpaired) electrons. The van der Waals surface area contributed by atoms with Crippen LogP contribution in [0.15, 0.2) is 41.5 Å². The molecule has 3 aliphatic carbocycles. The Morgan fingerprint density at radius 1 is 0.750 bits per heavy atom. The van der Waals surface area contributed by atoms with Crippen molar-refractivity contribution in [1.29, 1.82) is 0 Å². The summed E-state index contributed by atoms with van der Waals surface area (Å²) in [5.41, 5.74) is -7.81. The Hall–Kier alpha value is -4.34. The zero-order valence-corrected chi connectivity index (χ0v) is 30.6. The highest BCUT2D eigenvalue weighted by atomic mass is 16.6. The standard InChI is InChI=1S/C37H46O15/c1-17-26-28(48-19(3)39)31(49-20(4)40)35(9)24(47-18(2)38)15-25-36(16-46-25,52-22(6)42)29(35)32(50-21(5)41)37(45,34(26,7)8)30(27(17)43)51-33(44)23-13-11-10-12-14-23/h10-14,24-25,27-32,43,45H,15-16H2,1-9H3. The maximum Gasteiger partial charge on any atom is 0.338 e. The third-order valence-corrected chi connectivity index (χ3v) is 11.3. The van der Waals surface area contributed by atoms with Crippen LogP contribution >= 0.6 is 0 Å². The summed E-state index contributed by atoms with van der Waals surface area (Å²) in [6, 6.07) is 7.80. The van der Waals surface area contributed by atoms with Crippen LogP contribution in [0.25, 0.3) is 0 Å². The molecule has 1 aliphatic heterocycles. The van der Waals surface area contributed by atoms with Gasteiger partial charge < -0.3 is 43.4 Å². The third kappa shape index (κ3) is 5.96. The molecule has 2 bridgehead atoms. The number of esters is 6. The Morgan fingerprint density at radius 3 is 1.81 bits per heavy atom. The lowest BCUT2D eigenvalue weighted by atomic mass is 9.43. The monoisotopic (exact) mass is 730 g/mol. The molecule has 2 saturated carbocycles. The van der Waals surface area contributed by atoms with Gasteiger partial charge >= 0.3 is 35.8 Å². The number of carbonyl (C=O) groups excluding carboxylic acids is 6. The van der Waals surface area contributed by atoms with Gasteiger partial charge in [0.15, 0.2) is 29.5 Å². The lowest BCUT2D eigenvalue weighted by molar-refractivity contribution is -0.372. The van der Waals surface area contributed by atoms with Crippen LogP contribution in [-0.2, 0) is 57.1 Å². The average molecular weight is 731 g/mol. The second kappa shape index (κ2) is 13.6. The zero-order valence-electron chi connectivity index (χ0n) is 30.6. The highest BCUT2D eigenvalue weighted by Gasteiger charge is 2.81. The fourth-order valence-corrected chi connectivity index (χ4v) is 9.28. The Kier molecular flexibility index (Phi) is 10.1. The summed E-state index contributed by atoms with van der Waals surface area (Å²) in [6.07, 6.45) is -11.2. The second-order valence-electron chi connectivity index (χ2n) is 14.8. The Bertz CT molecular complexity index is 1680. The lowest BCUT2D eigenvalue weighted by Gasteiger charge is -2.69. The van der Waals surface area contributed by atoms with Gasteiger partial charge in [-0.2, -0.15) is 0 Å². The summed E-state index contributed by atoms with van der Waals surface area (Å²) in [5, 5.41) is 25.8. The number of aliphatic hydroxyl groups excluding tert-OH is 1. The minimum absolute atomic E-state index is 0.0582. The van der Waals surface area contributed by atoms with Crippen molar-refractivity contribution in [3.8, 4) is 0 Å². The molecule has 1 aromatic carbocycles. The van der Waals surface area contributed by atoms with Crippen molar-refractivity contribution in [1.82, 2.24) is 0 Å². The molecule has 11 atom stereocenters. The molecule has 52 heavy (non-hydrogen) atoms. The van der Waals surface area contributed by atoms with Gasteiger partial charge in [0, 0.05) is 46.5 Å². The fraction of sp³-hybridized carbons (Fsp3) is 0.622. The molecule has 1 heterocycles. The van der Waals surface area contributed by atoms with Crippen LogP contribution in [0.3, 0.4) is 0 Å². The van der Waals surface area contributed by atoms with E-state index in [-0.39, 0.29) is 29.7 Å². The van der Waals surface area contributed by atoms with Gasteiger partial charge in [0.1, 0.15) is 24.4 Å². The molecular weight excluding hydrogens is 684 g/mol. The first-order valence-corrected chi connectivity index (χ1v) is 17.0. The van der Waals surface area contributed by atoms with E-state index in [9.17, 15) is 39.0 Å². The smallest absolute Gasteiger partial charge is 0.338 e. The molecule has 0 aromatic heterocycles. The first-order chi connectivity index (χ1) is 24.1. The van der Waals surface area contributed by atoms with Crippen LogP contribution in [0.2, 0.25) is 0 Å². The SMILES string of the molecule is CC(=O)OC1C2=C(C)C(O)C(OC(=O)c3ccccc3)C(O)(C(OC(C)=O)C3C4(OC(C)=O)COC4CC(OC(C)=O)C3(C)C1OC(C)=O)C2(C)C. The molecule has 15 heteroatoms. The maximum atomic E-state index is 13.8. The van der Waals surface area contributed by atoms with Gasteiger partial charge in [-0.3, -0.25) is 24.0 Å². The molecule has 11 unspecified atom stereocenters. The molecule has 0 spiro atoms. The maximum absolute atomic E-state index is 13.8. The van der Waals surface area contributed by atoms with Gasteiger partial charge in [-0.05, 0) is 30.2 Å². The molecule has 2 N–H and O–H groups in total. The van der Waals surface area contributed by atoms with Crippen LogP contribution < -0.4 is 0 Å². The van der Waals surface area contributed by atoms with Crippen molar-refractivity contribution in [2.75, 3.05) is 6.61 Å². The molecule has 1 saturated heterocycles. The van der Waals surface area contributed by atoms with E-state index in [0.717, 1.165) is 34.6 Å². The highest BCUT2D eigenvalue weighted by molar-refractivity contribution is 5.89. The number of carbonyl (C=O) groups is 6. The van der Waals surface area contributed by atoms with Gasteiger partial charge in [-0.15, -0.1) is 0 Å². The third-order valence-electron chi connectivity index (χ3n) is 11.3. The lowest BCUT2D eigenvalue weighted by Crippen LogP contribution is -2.84. The van der Waals surface area contributed by atoms with Crippen LogP contribution in [0.5, 0.6) is 0 Å². The quantitative estimate of drug-likeness (QED) is 0.234. The zero-order chi connectivity index (χ0) is 38.7. The van der Waals surface area contributed by atoms with Crippen LogP contribution in [0.1, 0.15) is 79.1 Å². The van der Waals surface area contributed by atoms with Gasteiger partial charge in [0.05, 0.1) is 23.5 Å². The van der Waals surface area contributed by atoms with Crippen molar-refractivity contribution in [3.63, 3.8) is 0 Å². The van der Waals surface area contributed by atoms with Crippen molar-refractivity contribution in [3.05, 3.63) is 47.0 Å². The number of rotatable bonds is 7. The van der Waals surface area contributed by atoms with E-state index in [0.29, 0.717) is 0 Å². The predicted octanol–water partition coefficient (Wildman–Crippen LogP) is 2.13.